The summed E-state index contributed by atoms with van der Waals surface area (Å²) < 4.78 is 44.4. The van der Waals surface area contributed by atoms with Gasteiger partial charge in [-0.15, -0.1) is 0 Å². The first-order valence-corrected chi connectivity index (χ1v) is 11.7. The lowest BCUT2D eigenvalue weighted by atomic mass is 10.1. The summed E-state index contributed by atoms with van der Waals surface area (Å²) in [6.07, 6.45) is 0.776. The van der Waals surface area contributed by atoms with Gasteiger partial charge in [-0.3, -0.25) is 9.52 Å². The first-order chi connectivity index (χ1) is 15.9. The number of rotatable bonds is 10. The zero-order valence-electron chi connectivity index (χ0n) is 18.6. The van der Waals surface area contributed by atoms with Crippen molar-refractivity contribution in [1.82, 2.24) is 0 Å². The van der Waals surface area contributed by atoms with Gasteiger partial charge in [0.1, 0.15) is 22.1 Å². The van der Waals surface area contributed by atoms with Gasteiger partial charge in [-0.05, 0) is 60.5 Å². The van der Waals surface area contributed by atoms with Crippen LogP contribution in [0, 0.1) is 0 Å². The van der Waals surface area contributed by atoms with Gasteiger partial charge in [-0.1, -0.05) is 25.1 Å². The Labute approximate surface area is 193 Å². The highest BCUT2D eigenvalue weighted by Crippen LogP contribution is 2.29. The molecule has 174 valence electrons. The predicted molar refractivity (Wildman–Crippen MR) is 127 cm³/mol. The number of para-hydroxylation sites is 1. The van der Waals surface area contributed by atoms with Gasteiger partial charge in [0.2, 0.25) is 0 Å². The second-order valence-electron chi connectivity index (χ2n) is 7.00. The average Bonchev–Trinajstić information content (AvgIpc) is 2.83. The number of aryl methyl sites for hydroxylation is 1. The molecule has 0 bridgehead atoms. The van der Waals surface area contributed by atoms with Crippen LogP contribution in [0.3, 0.4) is 0 Å². The molecule has 8 nitrogen and oxygen atoms in total. The molecule has 1 amide bonds. The minimum atomic E-state index is -4.00. The minimum absolute atomic E-state index is 0.115. The molecule has 2 N–H and O–H groups in total. The van der Waals surface area contributed by atoms with E-state index in [9.17, 15) is 13.2 Å². The molecule has 3 aromatic rings. The molecule has 3 rings (SSSR count). The van der Waals surface area contributed by atoms with Crippen LogP contribution in [0.1, 0.15) is 12.5 Å². The fourth-order valence-corrected chi connectivity index (χ4v) is 4.37. The van der Waals surface area contributed by atoms with E-state index in [0.717, 1.165) is 12.0 Å². The zero-order chi connectivity index (χ0) is 23.8. The number of anilines is 2. The number of ether oxygens (including phenoxy) is 3. The van der Waals surface area contributed by atoms with Crippen molar-refractivity contribution < 1.29 is 27.4 Å². The summed E-state index contributed by atoms with van der Waals surface area (Å²) in [5, 5.41) is 2.66. The number of methoxy groups -OCH3 is 2. The third-order valence-corrected chi connectivity index (χ3v) is 6.19. The molecular weight excluding hydrogens is 444 g/mol. The van der Waals surface area contributed by atoms with E-state index in [0.29, 0.717) is 22.9 Å². The number of hydrogen-bond acceptors (Lipinski definition) is 6. The lowest BCUT2D eigenvalue weighted by Crippen LogP contribution is -2.21. The quantitative estimate of drug-likeness (QED) is 0.463. The Morgan fingerprint density at radius 2 is 1.58 bits per heavy atom. The molecule has 9 heteroatoms. The van der Waals surface area contributed by atoms with Crippen LogP contribution in [-0.4, -0.2) is 35.2 Å². The Kier molecular flexibility index (Phi) is 7.78. The zero-order valence-corrected chi connectivity index (χ0v) is 19.4. The molecule has 0 unspecified atom stereocenters. The molecule has 0 atom stereocenters. The van der Waals surface area contributed by atoms with Crippen LogP contribution >= 0.6 is 0 Å². The molecule has 33 heavy (non-hydrogen) atoms. The molecule has 0 aliphatic rings. The smallest absolute Gasteiger partial charge is 0.265 e. The number of carbonyl (C=O) groups excluding carboxylic acids is 1. The number of nitrogens with one attached hydrogen (secondary N) is 2. The number of amides is 1. The Morgan fingerprint density at radius 1 is 0.879 bits per heavy atom. The van der Waals surface area contributed by atoms with Gasteiger partial charge in [-0.25, -0.2) is 8.42 Å². The van der Waals surface area contributed by atoms with E-state index in [-0.39, 0.29) is 17.3 Å². The Hall–Kier alpha value is -3.72. The standard InChI is InChI=1S/C24H26N2O6S/c1-4-17-7-5-6-8-21(17)32-16-24(27)25-19-11-14-22(31-3)23(15-19)33(28,29)26-18-9-12-20(30-2)13-10-18/h5-15,26H,4,16H2,1-3H3,(H,25,27). The van der Waals surface area contributed by atoms with Gasteiger partial charge in [0.25, 0.3) is 15.9 Å². The topological polar surface area (TPSA) is 103 Å². The predicted octanol–water partition coefficient (Wildman–Crippen LogP) is 4.08. The molecular formula is C24H26N2O6S. The fraction of sp³-hybridized carbons (Fsp3) is 0.208. The summed E-state index contributed by atoms with van der Waals surface area (Å²) in [5.41, 5.74) is 1.64. The van der Waals surface area contributed by atoms with Gasteiger partial charge in [-0.2, -0.15) is 0 Å². The molecule has 0 fully saturated rings. The molecule has 0 aliphatic carbocycles. The first kappa shape index (κ1) is 23.9. The van der Waals surface area contributed by atoms with Crippen LogP contribution in [0.25, 0.3) is 0 Å². The van der Waals surface area contributed by atoms with E-state index in [1.165, 1.54) is 26.4 Å². The van der Waals surface area contributed by atoms with Crippen LogP contribution in [0.2, 0.25) is 0 Å². The van der Waals surface area contributed by atoms with Gasteiger partial charge < -0.3 is 19.5 Å². The van der Waals surface area contributed by atoms with E-state index < -0.39 is 15.9 Å². The monoisotopic (exact) mass is 470 g/mol. The summed E-state index contributed by atoms with van der Waals surface area (Å²) in [5.74, 6) is 0.959. The summed E-state index contributed by atoms with van der Waals surface area (Å²) in [6.45, 7) is 1.79. The van der Waals surface area contributed by atoms with Crippen molar-refractivity contribution in [2.45, 2.75) is 18.2 Å². The van der Waals surface area contributed by atoms with E-state index >= 15 is 0 Å². The van der Waals surface area contributed by atoms with Crippen molar-refractivity contribution in [3.63, 3.8) is 0 Å². The number of hydrogen-bond donors (Lipinski definition) is 2. The van der Waals surface area contributed by atoms with Gasteiger partial charge in [0, 0.05) is 11.4 Å². The average molecular weight is 471 g/mol. The SMILES string of the molecule is CCc1ccccc1OCC(=O)Nc1ccc(OC)c(S(=O)(=O)Nc2ccc(OC)cc2)c1. The molecule has 0 radical (unpaired) electrons. The minimum Gasteiger partial charge on any atom is -0.497 e. The van der Waals surface area contributed by atoms with Crippen LogP contribution in [0.5, 0.6) is 17.2 Å². The number of benzene rings is 3. The van der Waals surface area contributed by atoms with E-state index in [1.54, 1.807) is 36.4 Å². The Bertz CT molecular complexity index is 1210. The van der Waals surface area contributed by atoms with Crippen molar-refractivity contribution in [2.75, 3.05) is 30.9 Å². The van der Waals surface area contributed by atoms with Crippen molar-refractivity contribution in [1.29, 1.82) is 0 Å². The molecule has 0 aliphatic heterocycles. The molecule has 0 saturated carbocycles. The highest BCUT2D eigenvalue weighted by molar-refractivity contribution is 7.92. The Balaban J connectivity index is 1.74. The normalized spacial score (nSPS) is 10.9. The van der Waals surface area contributed by atoms with Crippen molar-refractivity contribution in [2.24, 2.45) is 0 Å². The Morgan fingerprint density at radius 3 is 2.24 bits per heavy atom. The van der Waals surface area contributed by atoms with Gasteiger partial charge in [0.15, 0.2) is 6.61 Å². The molecule has 0 saturated heterocycles. The number of carbonyl (C=O) groups is 1. The highest BCUT2D eigenvalue weighted by atomic mass is 32.2. The van der Waals surface area contributed by atoms with E-state index in [4.69, 9.17) is 14.2 Å². The summed E-state index contributed by atoms with van der Waals surface area (Å²) in [4.78, 5) is 12.3. The van der Waals surface area contributed by atoms with Crippen LogP contribution in [-0.2, 0) is 21.2 Å². The summed E-state index contributed by atoms with van der Waals surface area (Å²) in [6, 6.07) is 18.3. The van der Waals surface area contributed by atoms with E-state index in [2.05, 4.69) is 10.0 Å². The third-order valence-electron chi connectivity index (χ3n) is 4.79. The van der Waals surface area contributed by atoms with Crippen LogP contribution in [0.15, 0.2) is 71.6 Å². The first-order valence-electron chi connectivity index (χ1n) is 10.2. The second kappa shape index (κ2) is 10.7. The third kappa shape index (κ3) is 6.17. The lowest BCUT2D eigenvalue weighted by molar-refractivity contribution is -0.118. The van der Waals surface area contributed by atoms with Gasteiger partial charge >= 0.3 is 0 Å². The molecule has 0 spiro atoms. The lowest BCUT2D eigenvalue weighted by Gasteiger charge is -2.14. The van der Waals surface area contributed by atoms with E-state index in [1.807, 2.05) is 25.1 Å². The van der Waals surface area contributed by atoms with Crippen molar-refractivity contribution in [3.05, 3.63) is 72.3 Å². The van der Waals surface area contributed by atoms with Crippen molar-refractivity contribution in [3.8, 4) is 17.2 Å². The largest absolute Gasteiger partial charge is 0.497 e. The second-order valence-corrected chi connectivity index (χ2v) is 8.65. The van der Waals surface area contributed by atoms with Crippen LogP contribution < -0.4 is 24.2 Å². The molecule has 0 heterocycles. The molecule has 3 aromatic carbocycles. The summed E-state index contributed by atoms with van der Waals surface area (Å²) >= 11 is 0. The molecule has 0 aromatic heterocycles. The van der Waals surface area contributed by atoms with Crippen LogP contribution in [0.4, 0.5) is 11.4 Å². The fourth-order valence-electron chi connectivity index (χ4n) is 3.11. The maximum atomic E-state index is 13.0. The number of sulfonamides is 1. The van der Waals surface area contributed by atoms with Crippen molar-refractivity contribution >= 4 is 27.3 Å². The maximum Gasteiger partial charge on any atom is 0.265 e. The summed E-state index contributed by atoms with van der Waals surface area (Å²) in [7, 11) is -1.10. The maximum absolute atomic E-state index is 13.0. The van der Waals surface area contributed by atoms with Gasteiger partial charge in [0.05, 0.1) is 14.2 Å². The highest BCUT2D eigenvalue weighted by Gasteiger charge is 2.21.